The molecule has 4 aromatic rings. The number of ether oxygens (including phenoxy) is 1. The first kappa shape index (κ1) is 21.9. The third kappa shape index (κ3) is 4.36. The molecule has 2 aromatic carbocycles. The summed E-state index contributed by atoms with van der Waals surface area (Å²) in [5.41, 5.74) is 4.27. The van der Waals surface area contributed by atoms with E-state index in [1.165, 1.54) is 12.1 Å². The van der Waals surface area contributed by atoms with Gasteiger partial charge in [0, 0.05) is 23.3 Å². The Labute approximate surface area is 190 Å². The van der Waals surface area contributed by atoms with Crippen molar-refractivity contribution >= 4 is 28.2 Å². The molecule has 166 valence electrons. The van der Waals surface area contributed by atoms with Crippen molar-refractivity contribution in [2.45, 2.75) is 20.8 Å². The van der Waals surface area contributed by atoms with Gasteiger partial charge in [0.05, 0.1) is 34.4 Å². The molecule has 0 aliphatic carbocycles. The molecule has 4 rings (SSSR count). The van der Waals surface area contributed by atoms with E-state index in [4.69, 9.17) is 9.72 Å². The van der Waals surface area contributed by atoms with Crippen LogP contribution in [0.2, 0.25) is 0 Å². The average Bonchev–Trinajstić information content (AvgIpc) is 2.82. The van der Waals surface area contributed by atoms with E-state index < -0.39 is 10.8 Å². The maximum atomic E-state index is 13.4. The molecule has 0 aliphatic heterocycles. The quantitative estimate of drug-likeness (QED) is 0.313. The molecule has 0 atom stereocenters. The highest BCUT2D eigenvalue weighted by atomic mass is 16.6. The third-order valence-corrected chi connectivity index (χ3v) is 5.43. The van der Waals surface area contributed by atoms with Crippen LogP contribution in [-0.2, 0) is 0 Å². The second-order valence-electron chi connectivity index (χ2n) is 7.52. The standard InChI is InChI=1S/C25H22N4O4/c1-4-33-18-8-10-21(23(12-18)29(31)32)28-25(30)20-13-22(17-6-5-11-26-14-17)27-24-16(3)15(2)7-9-19(20)24/h5-14H,4H2,1-3H3,(H,28,30). The van der Waals surface area contributed by atoms with Crippen LogP contribution in [0.15, 0.2) is 60.9 Å². The van der Waals surface area contributed by atoms with Gasteiger partial charge in [0.25, 0.3) is 11.6 Å². The van der Waals surface area contributed by atoms with Gasteiger partial charge in [-0.2, -0.15) is 0 Å². The molecular weight excluding hydrogens is 420 g/mol. The van der Waals surface area contributed by atoms with Crippen molar-refractivity contribution in [2.24, 2.45) is 0 Å². The number of fused-ring (bicyclic) bond motifs is 1. The van der Waals surface area contributed by atoms with Crippen LogP contribution in [0.3, 0.4) is 0 Å². The normalized spacial score (nSPS) is 10.8. The summed E-state index contributed by atoms with van der Waals surface area (Å²) in [5.74, 6) is -0.107. The number of nitrogens with one attached hydrogen (secondary N) is 1. The molecule has 8 heteroatoms. The van der Waals surface area contributed by atoms with Crippen LogP contribution in [0, 0.1) is 24.0 Å². The van der Waals surface area contributed by atoms with Gasteiger partial charge in [0.2, 0.25) is 0 Å². The lowest BCUT2D eigenvalue weighted by Crippen LogP contribution is -2.14. The Bertz CT molecular complexity index is 1370. The Morgan fingerprint density at radius 2 is 1.97 bits per heavy atom. The largest absolute Gasteiger partial charge is 0.494 e. The molecule has 0 saturated heterocycles. The van der Waals surface area contributed by atoms with Crippen LogP contribution in [0.4, 0.5) is 11.4 Å². The van der Waals surface area contributed by atoms with E-state index >= 15 is 0 Å². The highest BCUT2D eigenvalue weighted by Gasteiger charge is 2.21. The minimum atomic E-state index is -0.544. The van der Waals surface area contributed by atoms with Gasteiger partial charge in [-0.3, -0.25) is 19.9 Å². The number of nitrogens with zero attached hydrogens (tertiary/aromatic N) is 3. The van der Waals surface area contributed by atoms with Crippen LogP contribution < -0.4 is 10.1 Å². The molecule has 0 unspecified atom stereocenters. The molecule has 0 fully saturated rings. The number of anilines is 1. The molecule has 0 radical (unpaired) electrons. The first-order chi connectivity index (χ1) is 15.9. The zero-order chi connectivity index (χ0) is 23.5. The lowest BCUT2D eigenvalue weighted by molar-refractivity contribution is -0.384. The Morgan fingerprint density at radius 3 is 2.67 bits per heavy atom. The van der Waals surface area contributed by atoms with Crippen LogP contribution in [0.25, 0.3) is 22.2 Å². The molecule has 8 nitrogen and oxygen atoms in total. The minimum Gasteiger partial charge on any atom is -0.494 e. The summed E-state index contributed by atoms with van der Waals surface area (Å²) in [6.45, 7) is 6.11. The first-order valence-electron chi connectivity index (χ1n) is 10.4. The number of rotatable bonds is 6. The molecule has 1 amide bonds. The second-order valence-corrected chi connectivity index (χ2v) is 7.52. The van der Waals surface area contributed by atoms with Gasteiger partial charge in [-0.05, 0) is 62.2 Å². The monoisotopic (exact) mass is 442 g/mol. The number of pyridine rings is 2. The zero-order valence-electron chi connectivity index (χ0n) is 18.5. The number of carbonyl (C=O) groups is 1. The van der Waals surface area contributed by atoms with Crippen molar-refractivity contribution in [3.63, 3.8) is 0 Å². The van der Waals surface area contributed by atoms with Gasteiger partial charge in [-0.1, -0.05) is 12.1 Å². The predicted molar refractivity (Wildman–Crippen MR) is 127 cm³/mol. The summed E-state index contributed by atoms with van der Waals surface area (Å²) in [6, 6.07) is 13.5. The number of aryl methyl sites for hydroxylation is 2. The summed E-state index contributed by atoms with van der Waals surface area (Å²) >= 11 is 0. The Morgan fingerprint density at radius 1 is 1.15 bits per heavy atom. The molecule has 0 aliphatic rings. The van der Waals surface area contributed by atoms with Crippen molar-refractivity contribution < 1.29 is 14.5 Å². The fraction of sp³-hybridized carbons (Fsp3) is 0.160. The summed E-state index contributed by atoms with van der Waals surface area (Å²) in [6.07, 6.45) is 3.34. The smallest absolute Gasteiger partial charge is 0.296 e. The van der Waals surface area contributed by atoms with E-state index in [0.29, 0.717) is 34.5 Å². The number of benzene rings is 2. The maximum Gasteiger partial charge on any atom is 0.296 e. The number of amides is 1. The summed E-state index contributed by atoms with van der Waals surface area (Å²) in [4.78, 5) is 33.4. The van der Waals surface area contributed by atoms with Gasteiger partial charge in [0.15, 0.2) is 0 Å². The molecule has 0 spiro atoms. The molecule has 0 bridgehead atoms. The van der Waals surface area contributed by atoms with Crippen LogP contribution >= 0.6 is 0 Å². The summed E-state index contributed by atoms with van der Waals surface area (Å²) < 4.78 is 5.36. The topological polar surface area (TPSA) is 107 Å². The first-order valence-corrected chi connectivity index (χ1v) is 10.4. The lowest BCUT2D eigenvalue weighted by atomic mass is 9.99. The minimum absolute atomic E-state index is 0.0881. The van der Waals surface area contributed by atoms with E-state index in [9.17, 15) is 14.9 Å². The summed E-state index contributed by atoms with van der Waals surface area (Å²) in [5, 5.41) is 15.0. The molecular formula is C25H22N4O4. The van der Waals surface area contributed by atoms with Crippen molar-refractivity contribution in [1.29, 1.82) is 0 Å². The number of hydrogen-bond acceptors (Lipinski definition) is 6. The fourth-order valence-electron chi connectivity index (χ4n) is 3.59. The lowest BCUT2D eigenvalue weighted by Gasteiger charge is -2.13. The Hall–Kier alpha value is -4.33. The van der Waals surface area contributed by atoms with Crippen LogP contribution in [-0.4, -0.2) is 27.4 Å². The van der Waals surface area contributed by atoms with Gasteiger partial charge >= 0.3 is 0 Å². The van der Waals surface area contributed by atoms with Crippen molar-refractivity contribution in [3.05, 3.63) is 87.7 Å². The third-order valence-electron chi connectivity index (χ3n) is 5.43. The second kappa shape index (κ2) is 9.04. The van der Waals surface area contributed by atoms with Gasteiger partial charge in [-0.15, -0.1) is 0 Å². The molecule has 2 aromatic heterocycles. The van der Waals surface area contributed by atoms with Gasteiger partial charge < -0.3 is 10.1 Å². The zero-order valence-corrected chi connectivity index (χ0v) is 18.5. The highest BCUT2D eigenvalue weighted by Crippen LogP contribution is 2.32. The van der Waals surface area contributed by atoms with E-state index in [-0.39, 0.29) is 11.4 Å². The number of nitro groups is 1. The van der Waals surface area contributed by atoms with Crippen molar-refractivity contribution in [1.82, 2.24) is 9.97 Å². The van der Waals surface area contributed by atoms with Gasteiger partial charge in [0.1, 0.15) is 11.4 Å². The summed E-state index contributed by atoms with van der Waals surface area (Å²) in [7, 11) is 0. The number of nitro benzene ring substituents is 1. The molecule has 2 heterocycles. The average molecular weight is 442 g/mol. The van der Waals surface area contributed by atoms with Crippen LogP contribution in [0.1, 0.15) is 28.4 Å². The van der Waals surface area contributed by atoms with E-state index in [1.807, 2.05) is 32.0 Å². The molecule has 33 heavy (non-hydrogen) atoms. The van der Waals surface area contributed by atoms with E-state index in [0.717, 1.165) is 16.7 Å². The fourth-order valence-corrected chi connectivity index (χ4v) is 3.59. The van der Waals surface area contributed by atoms with E-state index in [2.05, 4.69) is 10.3 Å². The Balaban J connectivity index is 1.83. The van der Waals surface area contributed by atoms with Crippen molar-refractivity contribution in [3.8, 4) is 17.0 Å². The van der Waals surface area contributed by atoms with Gasteiger partial charge in [-0.25, -0.2) is 4.98 Å². The Kier molecular flexibility index (Phi) is 5.99. The van der Waals surface area contributed by atoms with Crippen LogP contribution in [0.5, 0.6) is 5.75 Å². The number of carbonyl (C=O) groups excluding carboxylic acids is 1. The maximum absolute atomic E-state index is 13.4. The van der Waals surface area contributed by atoms with E-state index in [1.54, 1.807) is 37.5 Å². The number of aromatic nitrogens is 2. The highest BCUT2D eigenvalue weighted by molar-refractivity contribution is 6.14. The van der Waals surface area contributed by atoms with Crippen molar-refractivity contribution in [2.75, 3.05) is 11.9 Å². The molecule has 1 N–H and O–H groups in total. The number of hydrogen-bond donors (Lipinski definition) is 1. The molecule has 0 saturated carbocycles. The predicted octanol–water partition coefficient (Wildman–Crippen LogP) is 5.47. The SMILES string of the molecule is CCOc1ccc(NC(=O)c2cc(-c3cccnc3)nc3c(C)c(C)ccc23)c([N+](=O)[O-])c1.